The smallest absolute Gasteiger partial charge is 0.226 e. The van der Waals surface area contributed by atoms with Crippen molar-refractivity contribution >= 4 is 49.4 Å². The van der Waals surface area contributed by atoms with E-state index in [2.05, 4.69) is 15.1 Å². The molecule has 4 rings (SSSR count). The molecule has 26 heavy (non-hydrogen) atoms. The molecular formula is C17H15N5O2S2. The second-order valence-electron chi connectivity index (χ2n) is 5.73. The van der Waals surface area contributed by atoms with Crippen molar-refractivity contribution in [2.24, 2.45) is 0 Å². The maximum absolute atomic E-state index is 13.4. The summed E-state index contributed by atoms with van der Waals surface area (Å²) in [7, 11) is -3.86. The zero-order valence-electron chi connectivity index (χ0n) is 14.0. The molecule has 0 radical (unpaired) electrons. The van der Waals surface area contributed by atoms with Crippen LogP contribution in [0, 0.1) is 6.92 Å². The van der Waals surface area contributed by atoms with Crippen LogP contribution in [0.25, 0.3) is 21.8 Å². The first-order chi connectivity index (χ1) is 12.4. The van der Waals surface area contributed by atoms with E-state index >= 15 is 0 Å². The summed E-state index contributed by atoms with van der Waals surface area (Å²) in [4.78, 5) is 8.55. The van der Waals surface area contributed by atoms with Crippen LogP contribution < -0.4 is 5.73 Å². The second kappa shape index (κ2) is 5.96. The second-order valence-corrected chi connectivity index (χ2v) is 8.30. The maximum atomic E-state index is 13.4. The molecule has 0 spiro atoms. The number of benzene rings is 2. The van der Waals surface area contributed by atoms with Crippen LogP contribution >= 0.6 is 11.9 Å². The molecule has 0 amide bonds. The van der Waals surface area contributed by atoms with Crippen LogP contribution in [0.1, 0.15) is 5.82 Å². The standard InChI is InChI=1S/C17H15N5O2S2/c1-10-19-15-14(16(18)20-10)21-22(25-2)17(15)26(23,24)13-8-7-11-5-3-4-6-12(11)9-13/h3-9H,1-2H3,(H2,18,19,20). The predicted molar refractivity (Wildman–Crippen MR) is 103 cm³/mol. The summed E-state index contributed by atoms with van der Waals surface area (Å²) in [5.41, 5.74) is 6.43. The van der Waals surface area contributed by atoms with Crippen LogP contribution in [0.2, 0.25) is 0 Å². The molecule has 2 aromatic carbocycles. The highest BCUT2D eigenvalue weighted by Crippen LogP contribution is 2.32. The molecule has 132 valence electrons. The van der Waals surface area contributed by atoms with Gasteiger partial charge in [-0.3, -0.25) is 0 Å². The minimum atomic E-state index is -3.86. The Morgan fingerprint density at radius 1 is 1.04 bits per heavy atom. The lowest BCUT2D eigenvalue weighted by atomic mass is 10.1. The van der Waals surface area contributed by atoms with Crippen molar-refractivity contribution in [2.45, 2.75) is 16.8 Å². The van der Waals surface area contributed by atoms with Crippen LogP contribution in [0.4, 0.5) is 5.82 Å². The Labute approximate surface area is 154 Å². The SMILES string of the molecule is CSn1nc2c(N)nc(C)nc2c1S(=O)(=O)c1ccc2ccccc2c1. The lowest BCUT2D eigenvalue weighted by Gasteiger charge is -2.07. The van der Waals surface area contributed by atoms with E-state index in [4.69, 9.17) is 5.73 Å². The number of sulfone groups is 1. The molecule has 0 aliphatic heterocycles. The molecular weight excluding hydrogens is 370 g/mol. The van der Waals surface area contributed by atoms with Crippen molar-refractivity contribution in [2.75, 3.05) is 12.0 Å². The van der Waals surface area contributed by atoms with Gasteiger partial charge in [0.1, 0.15) is 11.3 Å². The third-order valence-corrected chi connectivity index (χ3v) is 6.52. The molecule has 0 aliphatic carbocycles. The van der Waals surface area contributed by atoms with Crippen LogP contribution in [0.15, 0.2) is 52.4 Å². The first-order valence-corrected chi connectivity index (χ1v) is 10.4. The molecule has 0 saturated carbocycles. The number of rotatable bonds is 3. The average molecular weight is 385 g/mol. The van der Waals surface area contributed by atoms with Crippen molar-refractivity contribution in [3.63, 3.8) is 0 Å². The Balaban J connectivity index is 2.03. The maximum Gasteiger partial charge on any atom is 0.226 e. The Kier molecular flexibility index (Phi) is 3.85. The van der Waals surface area contributed by atoms with E-state index in [-0.39, 0.29) is 26.8 Å². The molecule has 0 aliphatic rings. The van der Waals surface area contributed by atoms with Gasteiger partial charge in [-0.15, -0.1) is 0 Å². The van der Waals surface area contributed by atoms with Crippen molar-refractivity contribution < 1.29 is 8.42 Å². The zero-order chi connectivity index (χ0) is 18.5. The molecule has 0 saturated heterocycles. The lowest BCUT2D eigenvalue weighted by Crippen LogP contribution is -2.08. The molecule has 7 nitrogen and oxygen atoms in total. The van der Waals surface area contributed by atoms with Gasteiger partial charge in [0.05, 0.1) is 4.90 Å². The van der Waals surface area contributed by atoms with Gasteiger partial charge in [-0.05, 0) is 41.8 Å². The molecule has 0 unspecified atom stereocenters. The fraction of sp³-hybridized carbons (Fsp3) is 0.118. The Morgan fingerprint density at radius 3 is 2.50 bits per heavy atom. The van der Waals surface area contributed by atoms with Crippen molar-refractivity contribution in [1.29, 1.82) is 0 Å². The van der Waals surface area contributed by atoms with E-state index in [1.807, 2.05) is 24.3 Å². The molecule has 2 aromatic heterocycles. The summed E-state index contributed by atoms with van der Waals surface area (Å²) in [5, 5.41) is 6.10. The average Bonchev–Trinajstić information content (AvgIpc) is 3.01. The number of anilines is 1. The molecule has 2 N–H and O–H groups in total. The van der Waals surface area contributed by atoms with Crippen molar-refractivity contribution in [3.05, 3.63) is 48.3 Å². The third-order valence-electron chi connectivity index (χ3n) is 4.05. The summed E-state index contributed by atoms with van der Waals surface area (Å²) < 4.78 is 28.1. The summed E-state index contributed by atoms with van der Waals surface area (Å²) in [5.74, 6) is 0.556. The zero-order valence-corrected chi connectivity index (χ0v) is 15.7. The molecule has 0 fully saturated rings. The molecule has 9 heteroatoms. The number of hydrogen-bond acceptors (Lipinski definition) is 7. The summed E-state index contributed by atoms with van der Waals surface area (Å²) in [6, 6.07) is 12.6. The van der Waals surface area contributed by atoms with Gasteiger partial charge in [0, 0.05) is 6.26 Å². The van der Waals surface area contributed by atoms with Crippen molar-refractivity contribution in [3.8, 4) is 0 Å². The summed E-state index contributed by atoms with van der Waals surface area (Å²) in [6.45, 7) is 1.67. The summed E-state index contributed by atoms with van der Waals surface area (Å²) >= 11 is 1.16. The number of aryl methyl sites for hydroxylation is 1. The van der Waals surface area contributed by atoms with E-state index in [1.54, 1.807) is 31.4 Å². The number of nitrogens with zero attached hydrogens (tertiary/aromatic N) is 4. The Bertz CT molecular complexity index is 1270. The van der Waals surface area contributed by atoms with Crippen molar-refractivity contribution in [1.82, 2.24) is 19.2 Å². The first-order valence-electron chi connectivity index (χ1n) is 7.73. The van der Waals surface area contributed by atoms with E-state index in [9.17, 15) is 8.42 Å². The quantitative estimate of drug-likeness (QED) is 0.578. The lowest BCUT2D eigenvalue weighted by molar-refractivity contribution is 0.591. The number of hydrogen-bond donors (Lipinski definition) is 1. The van der Waals surface area contributed by atoms with Gasteiger partial charge in [-0.25, -0.2) is 18.4 Å². The largest absolute Gasteiger partial charge is 0.382 e. The molecule has 0 bridgehead atoms. The van der Waals surface area contributed by atoms with E-state index in [0.29, 0.717) is 5.82 Å². The van der Waals surface area contributed by atoms with E-state index in [0.717, 1.165) is 22.7 Å². The minimum Gasteiger partial charge on any atom is -0.382 e. The number of nitrogen functional groups attached to an aromatic ring is 1. The van der Waals surface area contributed by atoms with Gasteiger partial charge in [-0.2, -0.15) is 9.19 Å². The normalized spacial score (nSPS) is 12.1. The predicted octanol–water partition coefficient (Wildman–Crippen LogP) is 2.83. The summed E-state index contributed by atoms with van der Waals surface area (Å²) in [6.07, 6.45) is 1.74. The topological polar surface area (TPSA) is 104 Å². The number of fused-ring (bicyclic) bond motifs is 2. The van der Waals surface area contributed by atoms with Gasteiger partial charge in [0.15, 0.2) is 16.4 Å². The Hall–Kier alpha value is -2.65. The Morgan fingerprint density at radius 2 is 1.77 bits per heavy atom. The molecule has 4 aromatic rings. The highest BCUT2D eigenvalue weighted by atomic mass is 32.2. The van der Waals surface area contributed by atoms with Gasteiger partial charge in [0.25, 0.3) is 0 Å². The van der Waals surface area contributed by atoms with E-state index in [1.165, 1.54) is 4.09 Å². The van der Waals surface area contributed by atoms with Crippen LogP contribution in [-0.2, 0) is 9.84 Å². The van der Waals surface area contributed by atoms with E-state index < -0.39 is 9.84 Å². The van der Waals surface area contributed by atoms with Crippen LogP contribution in [-0.4, -0.2) is 33.8 Å². The molecule has 2 heterocycles. The van der Waals surface area contributed by atoms with Gasteiger partial charge in [-0.1, -0.05) is 30.3 Å². The highest BCUT2D eigenvalue weighted by Gasteiger charge is 2.29. The highest BCUT2D eigenvalue weighted by molar-refractivity contribution is 7.98. The van der Waals surface area contributed by atoms with Gasteiger partial charge >= 0.3 is 0 Å². The number of aromatic nitrogens is 4. The monoisotopic (exact) mass is 385 g/mol. The minimum absolute atomic E-state index is 0.00693. The van der Waals surface area contributed by atoms with Crippen LogP contribution in [0.5, 0.6) is 0 Å². The molecule has 0 atom stereocenters. The van der Waals surface area contributed by atoms with Gasteiger partial charge < -0.3 is 5.73 Å². The number of nitrogens with two attached hydrogens (primary N) is 1. The van der Waals surface area contributed by atoms with Crippen LogP contribution in [0.3, 0.4) is 0 Å². The third kappa shape index (κ3) is 2.51. The fourth-order valence-electron chi connectivity index (χ4n) is 2.86. The fourth-order valence-corrected chi connectivity index (χ4v) is 5.19. The van der Waals surface area contributed by atoms with Gasteiger partial charge in [0.2, 0.25) is 9.84 Å². The first kappa shape index (κ1) is 16.8.